The van der Waals surface area contributed by atoms with Gasteiger partial charge in [0.2, 0.25) is 10.0 Å². The quantitative estimate of drug-likeness (QED) is 0.655. The van der Waals surface area contributed by atoms with Gasteiger partial charge in [0.05, 0.1) is 6.26 Å². The van der Waals surface area contributed by atoms with E-state index in [1.54, 1.807) is 7.11 Å². The standard InChI is InChI=1S/C15H29N3O5S/c1-22-9-3-7-16-15(19)18(13-5-10-23-11-6-13)14-4-8-17(12-14)24(2,20)21/h13-14H,3-12H2,1-2H3,(H,16,19). The third-order valence-electron chi connectivity index (χ3n) is 4.61. The van der Waals surface area contributed by atoms with Gasteiger partial charge in [0.25, 0.3) is 0 Å². The van der Waals surface area contributed by atoms with Crippen LogP contribution in [-0.4, -0.2) is 88.6 Å². The average Bonchev–Trinajstić information content (AvgIpc) is 3.03. The van der Waals surface area contributed by atoms with E-state index in [4.69, 9.17) is 9.47 Å². The summed E-state index contributed by atoms with van der Waals surface area (Å²) in [6, 6.07) is -0.0886. The van der Waals surface area contributed by atoms with Gasteiger partial charge < -0.3 is 19.7 Å². The molecule has 2 rings (SSSR count). The Labute approximate surface area is 144 Å². The number of urea groups is 1. The van der Waals surface area contributed by atoms with E-state index >= 15 is 0 Å². The Morgan fingerprint density at radius 3 is 2.58 bits per heavy atom. The van der Waals surface area contributed by atoms with Crippen LogP contribution in [0, 0.1) is 0 Å². The summed E-state index contributed by atoms with van der Waals surface area (Å²) in [6.07, 6.45) is 4.24. The highest BCUT2D eigenvalue weighted by atomic mass is 32.2. The summed E-state index contributed by atoms with van der Waals surface area (Å²) < 4.78 is 35.4. The number of hydrogen-bond acceptors (Lipinski definition) is 5. The molecule has 2 heterocycles. The molecule has 0 radical (unpaired) electrons. The molecule has 0 aromatic heterocycles. The van der Waals surface area contributed by atoms with Crippen LogP contribution >= 0.6 is 0 Å². The maximum Gasteiger partial charge on any atom is 0.317 e. The van der Waals surface area contributed by atoms with Crippen molar-refractivity contribution < 1.29 is 22.7 Å². The minimum Gasteiger partial charge on any atom is -0.385 e. The minimum atomic E-state index is -3.22. The van der Waals surface area contributed by atoms with Gasteiger partial charge in [0.15, 0.2) is 0 Å². The van der Waals surface area contributed by atoms with Crippen molar-refractivity contribution in [3.63, 3.8) is 0 Å². The summed E-state index contributed by atoms with van der Waals surface area (Å²) in [5, 5.41) is 2.94. The van der Waals surface area contributed by atoms with E-state index in [1.807, 2.05) is 4.90 Å². The predicted octanol–water partition coefficient (Wildman–Crippen LogP) is 0.247. The van der Waals surface area contributed by atoms with Gasteiger partial charge in [0, 0.05) is 58.6 Å². The summed E-state index contributed by atoms with van der Waals surface area (Å²) >= 11 is 0. The molecule has 1 atom stereocenters. The minimum absolute atomic E-state index is 0.0785. The SMILES string of the molecule is COCCCNC(=O)N(C1CCOCC1)C1CCN(S(C)(=O)=O)C1. The lowest BCUT2D eigenvalue weighted by Gasteiger charge is -2.38. The van der Waals surface area contributed by atoms with Crippen molar-refractivity contribution in [3.8, 4) is 0 Å². The number of ether oxygens (including phenoxy) is 2. The highest BCUT2D eigenvalue weighted by Gasteiger charge is 2.38. The van der Waals surface area contributed by atoms with Gasteiger partial charge in [-0.25, -0.2) is 17.5 Å². The number of carbonyl (C=O) groups is 1. The topological polar surface area (TPSA) is 88.2 Å². The van der Waals surface area contributed by atoms with E-state index in [2.05, 4.69) is 5.32 Å². The third-order valence-corrected chi connectivity index (χ3v) is 5.88. The second-order valence-corrected chi connectivity index (χ2v) is 8.38. The maximum absolute atomic E-state index is 12.7. The molecule has 1 unspecified atom stereocenters. The van der Waals surface area contributed by atoms with Crippen LogP contribution in [0.25, 0.3) is 0 Å². The molecule has 2 aliphatic rings. The second kappa shape index (κ2) is 8.98. The van der Waals surface area contributed by atoms with Crippen LogP contribution in [0.2, 0.25) is 0 Å². The Bertz CT molecular complexity index is 507. The molecule has 140 valence electrons. The van der Waals surface area contributed by atoms with Crippen molar-refractivity contribution in [3.05, 3.63) is 0 Å². The van der Waals surface area contributed by atoms with Crippen LogP contribution in [0.5, 0.6) is 0 Å². The fourth-order valence-corrected chi connectivity index (χ4v) is 4.22. The van der Waals surface area contributed by atoms with Crippen molar-refractivity contribution in [1.29, 1.82) is 0 Å². The lowest BCUT2D eigenvalue weighted by Crippen LogP contribution is -2.54. The van der Waals surface area contributed by atoms with Gasteiger partial charge in [-0.2, -0.15) is 0 Å². The van der Waals surface area contributed by atoms with E-state index in [0.717, 1.165) is 19.3 Å². The molecule has 2 amide bonds. The number of rotatable bonds is 7. The van der Waals surface area contributed by atoms with Crippen molar-refractivity contribution in [1.82, 2.24) is 14.5 Å². The van der Waals surface area contributed by atoms with E-state index in [0.29, 0.717) is 45.9 Å². The molecular weight excluding hydrogens is 334 g/mol. The maximum atomic E-state index is 12.7. The zero-order valence-corrected chi connectivity index (χ0v) is 15.4. The Hall–Kier alpha value is -0.900. The molecule has 0 aromatic rings. The molecule has 2 fully saturated rings. The lowest BCUT2D eigenvalue weighted by atomic mass is 10.0. The lowest BCUT2D eigenvalue weighted by molar-refractivity contribution is 0.0348. The molecule has 2 saturated heterocycles. The number of amides is 2. The first-order chi connectivity index (χ1) is 11.4. The molecule has 24 heavy (non-hydrogen) atoms. The zero-order valence-electron chi connectivity index (χ0n) is 14.6. The second-order valence-electron chi connectivity index (χ2n) is 6.39. The number of methoxy groups -OCH3 is 1. The molecule has 1 N–H and O–H groups in total. The van der Waals surface area contributed by atoms with Crippen molar-refractivity contribution >= 4 is 16.1 Å². The summed E-state index contributed by atoms with van der Waals surface area (Å²) in [5.41, 5.74) is 0. The molecule has 0 aromatic carbocycles. The molecule has 0 aliphatic carbocycles. The normalized spacial score (nSPS) is 23.3. The van der Waals surface area contributed by atoms with E-state index in [-0.39, 0.29) is 18.1 Å². The van der Waals surface area contributed by atoms with Gasteiger partial charge in [-0.1, -0.05) is 0 Å². The Morgan fingerprint density at radius 2 is 2.00 bits per heavy atom. The van der Waals surface area contributed by atoms with Crippen LogP contribution in [0.3, 0.4) is 0 Å². The number of nitrogens with zero attached hydrogens (tertiary/aromatic N) is 2. The Kier molecular flexibility index (Phi) is 7.27. The van der Waals surface area contributed by atoms with Crippen LogP contribution in [0.1, 0.15) is 25.7 Å². The summed E-state index contributed by atoms with van der Waals surface area (Å²) in [6.45, 7) is 3.28. The molecule has 0 spiro atoms. The Morgan fingerprint density at radius 1 is 1.29 bits per heavy atom. The zero-order chi connectivity index (χ0) is 17.6. The number of nitrogens with one attached hydrogen (secondary N) is 1. The fourth-order valence-electron chi connectivity index (χ4n) is 3.34. The van der Waals surface area contributed by atoms with Crippen molar-refractivity contribution in [2.45, 2.75) is 37.8 Å². The fraction of sp³-hybridized carbons (Fsp3) is 0.933. The number of hydrogen-bond donors (Lipinski definition) is 1. The molecule has 8 nitrogen and oxygen atoms in total. The monoisotopic (exact) mass is 363 g/mol. The first-order valence-electron chi connectivity index (χ1n) is 8.51. The highest BCUT2D eigenvalue weighted by molar-refractivity contribution is 7.88. The van der Waals surface area contributed by atoms with E-state index < -0.39 is 10.0 Å². The van der Waals surface area contributed by atoms with Crippen LogP contribution in [0.15, 0.2) is 0 Å². The first kappa shape index (κ1) is 19.4. The van der Waals surface area contributed by atoms with Crippen LogP contribution in [-0.2, 0) is 19.5 Å². The van der Waals surface area contributed by atoms with Crippen molar-refractivity contribution in [2.24, 2.45) is 0 Å². The van der Waals surface area contributed by atoms with E-state index in [1.165, 1.54) is 10.6 Å². The van der Waals surface area contributed by atoms with Gasteiger partial charge in [-0.05, 0) is 25.7 Å². The third kappa shape index (κ3) is 5.30. The van der Waals surface area contributed by atoms with Gasteiger partial charge in [-0.15, -0.1) is 0 Å². The average molecular weight is 363 g/mol. The van der Waals surface area contributed by atoms with Gasteiger partial charge >= 0.3 is 6.03 Å². The highest BCUT2D eigenvalue weighted by Crippen LogP contribution is 2.24. The van der Waals surface area contributed by atoms with Gasteiger partial charge in [-0.3, -0.25) is 0 Å². The van der Waals surface area contributed by atoms with E-state index in [9.17, 15) is 13.2 Å². The number of sulfonamides is 1. The van der Waals surface area contributed by atoms with Crippen molar-refractivity contribution in [2.75, 3.05) is 52.8 Å². The van der Waals surface area contributed by atoms with Crippen LogP contribution < -0.4 is 5.32 Å². The smallest absolute Gasteiger partial charge is 0.317 e. The van der Waals surface area contributed by atoms with Gasteiger partial charge in [0.1, 0.15) is 0 Å². The molecule has 2 aliphatic heterocycles. The first-order valence-corrected chi connectivity index (χ1v) is 10.4. The summed E-state index contributed by atoms with van der Waals surface area (Å²) in [4.78, 5) is 14.6. The molecular formula is C15H29N3O5S. The summed E-state index contributed by atoms with van der Waals surface area (Å²) in [7, 11) is -1.58. The Balaban J connectivity index is 2.01. The predicted molar refractivity (Wildman–Crippen MR) is 90.4 cm³/mol. The molecule has 9 heteroatoms. The number of carbonyl (C=O) groups excluding carboxylic acids is 1. The molecule has 0 bridgehead atoms. The summed E-state index contributed by atoms with van der Waals surface area (Å²) in [5.74, 6) is 0. The molecule has 0 saturated carbocycles. The largest absolute Gasteiger partial charge is 0.385 e. The van der Waals surface area contributed by atoms with Crippen LogP contribution in [0.4, 0.5) is 4.79 Å².